The van der Waals surface area contributed by atoms with Crippen molar-refractivity contribution in [3.63, 3.8) is 0 Å². The Morgan fingerprint density at radius 2 is 1.72 bits per heavy atom. The number of piperidine rings is 1. The van der Waals surface area contributed by atoms with Crippen molar-refractivity contribution in [2.75, 3.05) is 13.2 Å². The van der Waals surface area contributed by atoms with E-state index in [0.29, 0.717) is 29.9 Å². The molecule has 2 aromatic carbocycles. The highest BCUT2D eigenvalue weighted by atomic mass is 79.9. The third-order valence-corrected chi connectivity index (χ3v) is 6.43. The zero-order valence-corrected chi connectivity index (χ0v) is 16.9. The van der Waals surface area contributed by atoms with Gasteiger partial charge in [0, 0.05) is 24.1 Å². The lowest BCUT2D eigenvalue weighted by Gasteiger charge is -2.46. The summed E-state index contributed by atoms with van der Waals surface area (Å²) in [6.07, 6.45) is -3.87. The van der Waals surface area contributed by atoms with E-state index in [2.05, 4.69) is 15.9 Å². The van der Waals surface area contributed by atoms with Gasteiger partial charge < -0.3 is 4.74 Å². The minimum Gasteiger partial charge on any atom is -0.493 e. The van der Waals surface area contributed by atoms with E-state index in [4.69, 9.17) is 4.74 Å². The van der Waals surface area contributed by atoms with Crippen molar-refractivity contribution in [1.29, 1.82) is 0 Å². The number of nitrogens with zero attached hydrogens (tertiary/aromatic N) is 1. The van der Waals surface area contributed by atoms with Crippen LogP contribution in [0, 0.1) is 17.6 Å². The number of ether oxygens (including phenoxy) is 1. The second-order valence-electron chi connectivity index (χ2n) is 7.53. The van der Waals surface area contributed by atoms with E-state index >= 15 is 0 Å². The average molecular weight is 476 g/mol. The molecule has 2 nitrogen and oxygen atoms in total. The molecule has 4 rings (SSSR count). The van der Waals surface area contributed by atoms with Crippen molar-refractivity contribution in [1.82, 2.24) is 4.90 Å². The van der Waals surface area contributed by atoms with Gasteiger partial charge in [-0.15, -0.1) is 0 Å². The molecule has 0 amide bonds. The molecule has 1 saturated heterocycles. The normalized spacial score (nSPS) is 25.4. The Morgan fingerprint density at radius 1 is 1.00 bits per heavy atom. The fourth-order valence-electron chi connectivity index (χ4n) is 4.38. The first-order valence-corrected chi connectivity index (χ1v) is 10.2. The Morgan fingerprint density at radius 3 is 2.41 bits per heavy atom. The van der Waals surface area contributed by atoms with Gasteiger partial charge in [0.15, 0.2) is 0 Å². The molecule has 2 aromatic rings. The van der Waals surface area contributed by atoms with Gasteiger partial charge in [0.05, 0.1) is 17.0 Å². The van der Waals surface area contributed by atoms with E-state index in [0.717, 1.165) is 0 Å². The Bertz CT molecular complexity index is 886. The zero-order chi connectivity index (χ0) is 20.8. The highest BCUT2D eigenvalue weighted by Gasteiger charge is 2.46. The topological polar surface area (TPSA) is 12.5 Å². The van der Waals surface area contributed by atoms with Crippen LogP contribution in [-0.4, -0.2) is 24.2 Å². The van der Waals surface area contributed by atoms with Crippen LogP contribution in [0.4, 0.5) is 22.0 Å². The quantitative estimate of drug-likeness (QED) is 0.455. The van der Waals surface area contributed by atoms with E-state index in [-0.39, 0.29) is 29.9 Å². The summed E-state index contributed by atoms with van der Waals surface area (Å²) in [5.41, 5.74) is 1.26. The molecule has 0 aliphatic carbocycles. The molecule has 0 N–H and O–H groups in total. The van der Waals surface area contributed by atoms with Gasteiger partial charge in [0.1, 0.15) is 17.4 Å². The fourth-order valence-corrected chi connectivity index (χ4v) is 4.70. The molecule has 8 heteroatoms. The molecular formula is C21H19BrF5NO. The summed E-state index contributed by atoms with van der Waals surface area (Å²) in [5, 5.41) is 0. The highest BCUT2D eigenvalue weighted by Crippen LogP contribution is 2.48. The van der Waals surface area contributed by atoms with Crippen LogP contribution in [0.15, 0.2) is 40.9 Å². The van der Waals surface area contributed by atoms with Crippen LogP contribution in [0.3, 0.4) is 0 Å². The molecule has 0 saturated carbocycles. The summed E-state index contributed by atoms with van der Waals surface area (Å²) in [6.45, 7) is 0.610. The standard InChI is InChI=1S/C21H19BrF5NO/c22-16-11-20-15(10-17(16)24)18(6-8-29-20)28-7-5-13(21(25,26)27)9-19(28)12-1-3-14(23)4-2-12/h1-4,10-11,13,18-19H,5-9H2/t13-,18?,19+/m1/s1. The molecule has 0 bridgehead atoms. The lowest BCUT2D eigenvalue weighted by atomic mass is 9.84. The number of rotatable bonds is 2. The van der Waals surface area contributed by atoms with E-state index in [9.17, 15) is 22.0 Å². The number of hydrogen-bond donors (Lipinski definition) is 0. The van der Waals surface area contributed by atoms with Gasteiger partial charge in [-0.05, 0) is 65.1 Å². The van der Waals surface area contributed by atoms with Crippen molar-refractivity contribution in [3.8, 4) is 5.75 Å². The minimum absolute atomic E-state index is 0.0209. The van der Waals surface area contributed by atoms with Crippen molar-refractivity contribution in [2.45, 2.75) is 37.5 Å². The van der Waals surface area contributed by atoms with Gasteiger partial charge in [-0.2, -0.15) is 13.2 Å². The first-order chi connectivity index (χ1) is 13.7. The van der Waals surface area contributed by atoms with Crippen molar-refractivity contribution in [2.24, 2.45) is 5.92 Å². The maximum atomic E-state index is 14.2. The van der Waals surface area contributed by atoms with Crippen LogP contribution >= 0.6 is 15.9 Å². The summed E-state index contributed by atoms with van der Waals surface area (Å²) in [7, 11) is 0. The molecule has 0 spiro atoms. The van der Waals surface area contributed by atoms with Crippen molar-refractivity contribution in [3.05, 3.63) is 63.6 Å². The number of halogens is 6. The maximum Gasteiger partial charge on any atom is 0.391 e. The van der Waals surface area contributed by atoms with Crippen molar-refractivity contribution >= 4 is 15.9 Å². The van der Waals surface area contributed by atoms with Crippen LogP contribution in [0.5, 0.6) is 5.75 Å². The molecule has 156 valence electrons. The summed E-state index contributed by atoms with van der Waals surface area (Å²) < 4.78 is 73.9. The van der Waals surface area contributed by atoms with E-state index in [1.807, 2.05) is 4.90 Å². The number of benzene rings is 2. The molecule has 0 aromatic heterocycles. The molecular weight excluding hydrogens is 457 g/mol. The summed E-state index contributed by atoms with van der Waals surface area (Å²) in [6, 6.07) is 7.73. The number of likely N-dealkylation sites (tertiary alicyclic amines) is 1. The second-order valence-corrected chi connectivity index (χ2v) is 8.38. The largest absolute Gasteiger partial charge is 0.493 e. The lowest BCUT2D eigenvalue weighted by Crippen LogP contribution is -2.44. The van der Waals surface area contributed by atoms with Gasteiger partial charge in [-0.25, -0.2) is 8.78 Å². The Hall–Kier alpha value is -1.67. The van der Waals surface area contributed by atoms with Crippen molar-refractivity contribution < 1.29 is 26.7 Å². The van der Waals surface area contributed by atoms with Crippen LogP contribution in [0.25, 0.3) is 0 Å². The Labute approximate surface area is 173 Å². The maximum absolute atomic E-state index is 14.2. The van der Waals surface area contributed by atoms with Crippen LogP contribution in [0.1, 0.15) is 42.5 Å². The SMILES string of the molecule is Fc1ccc([C@@H]2C[C@H](C(F)(F)F)CCN2C2CCOc3cc(Br)c(F)cc32)cc1. The molecule has 2 heterocycles. The molecule has 3 atom stereocenters. The number of fused-ring (bicyclic) bond motifs is 1. The predicted molar refractivity (Wildman–Crippen MR) is 102 cm³/mol. The van der Waals surface area contributed by atoms with Crippen LogP contribution in [-0.2, 0) is 0 Å². The molecule has 2 aliphatic heterocycles. The summed E-state index contributed by atoms with van der Waals surface area (Å²) in [4.78, 5) is 1.99. The molecule has 1 unspecified atom stereocenters. The van der Waals surface area contributed by atoms with Gasteiger partial charge in [-0.1, -0.05) is 12.1 Å². The predicted octanol–water partition coefficient (Wildman–Crippen LogP) is 6.57. The van der Waals surface area contributed by atoms with Gasteiger partial charge in [-0.3, -0.25) is 4.90 Å². The summed E-state index contributed by atoms with van der Waals surface area (Å²) in [5.74, 6) is -1.77. The lowest BCUT2D eigenvalue weighted by molar-refractivity contribution is -0.192. The van der Waals surface area contributed by atoms with E-state index in [1.54, 1.807) is 6.07 Å². The smallest absolute Gasteiger partial charge is 0.391 e. The summed E-state index contributed by atoms with van der Waals surface area (Å²) >= 11 is 3.15. The molecule has 29 heavy (non-hydrogen) atoms. The third-order valence-electron chi connectivity index (χ3n) is 5.82. The van der Waals surface area contributed by atoms with Crippen LogP contribution in [0.2, 0.25) is 0 Å². The molecule has 0 radical (unpaired) electrons. The minimum atomic E-state index is -4.28. The molecule has 2 aliphatic rings. The fraction of sp³-hybridized carbons (Fsp3) is 0.429. The monoisotopic (exact) mass is 475 g/mol. The van der Waals surface area contributed by atoms with E-state index in [1.165, 1.54) is 30.3 Å². The average Bonchev–Trinajstić information content (AvgIpc) is 2.68. The van der Waals surface area contributed by atoms with Crippen LogP contribution < -0.4 is 4.74 Å². The third kappa shape index (κ3) is 4.14. The zero-order valence-electron chi connectivity index (χ0n) is 15.4. The highest BCUT2D eigenvalue weighted by molar-refractivity contribution is 9.10. The van der Waals surface area contributed by atoms with Gasteiger partial charge in [0.25, 0.3) is 0 Å². The molecule has 1 fully saturated rings. The van der Waals surface area contributed by atoms with E-state index < -0.39 is 29.8 Å². The Balaban J connectivity index is 1.72. The van der Waals surface area contributed by atoms with Gasteiger partial charge >= 0.3 is 6.18 Å². The number of hydrogen-bond acceptors (Lipinski definition) is 2. The first-order valence-electron chi connectivity index (χ1n) is 9.43. The second kappa shape index (κ2) is 7.87. The number of alkyl halides is 3. The first kappa shape index (κ1) is 20.6. The van der Waals surface area contributed by atoms with Gasteiger partial charge in [0.2, 0.25) is 0 Å². The Kier molecular flexibility index (Phi) is 5.59.